The molecule has 84 valence electrons. The van der Waals surface area contributed by atoms with Gasteiger partial charge in [-0.25, -0.2) is 0 Å². The number of nitrogens with two attached hydrogens (primary N) is 1. The smallest absolute Gasteiger partial charge is 0.0341 e. The lowest BCUT2D eigenvalue weighted by Gasteiger charge is -2.07. The average Bonchev–Trinajstić information content (AvgIpc) is 2.26. The van der Waals surface area contributed by atoms with Crippen LogP contribution >= 0.6 is 0 Å². The highest BCUT2D eigenvalue weighted by molar-refractivity contribution is 5.51. The van der Waals surface area contributed by atoms with Crippen LogP contribution in [0.15, 0.2) is 24.3 Å². The standard InChI is InChI=1S/C12H21N3/c1-2-8-14-9-3-10-15-12-6-4-11(13)5-7-12/h4-7,14-15H,2-3,8-10,13H2,1H3. The summed E-state index contributed by atoms with van der Waals surface area (Å²) in [6.45, 7) is 5.37. The fourth-order valence-electron chi connectivity index (χ4n) is 1.35. The average molecular weight is 207 g/mol. The molecule has 15 heavy (non-hydrogen) atoms. The number of nitrogens with one attached hydrogen (secondary N) is 2. The molecule has 0 bridgehead atoms. The van der Waals surface area contributed by atoms with Crippen LogP contribution in [0.4, 0.5) is 11.4 Å². The number of rotatable bonds is 7. The van der Waals surface area contributed by atoms with Gasteiger partial charge in [-0.3, -0.25) is 0 Å². The number of benzene rings is 1. The van der Waals surface area contributed by atoms with Crippen molar-refractivity contribution in [2.75, 3.05) is 30.7 Å². The molecule has 1 aromatic rings. The lowest BCUT2D eigenvalue weighted by atomic mass is 10.3. The Morgan fingerprint density at radius 3 is 2.47 bits per heavy atom. The molecule has 0 atom stereocenters. The quantitative estimate of drug-likeness (QED) is 0.474. The maximum absolute atomic E-state index is 5.60. The molecule has 0 aliphatic carbocycles. The first-order valence-electron chi connectivity index (χ1n) is 5.63. The number of nitrogen functional groups attached to an aromatic ring is 1. The highest BCUT2D eigenvalue weighted by Gasteiger charge is 1.91. The Balaban J connectivity index is 2.07. The van der Waals surface area contributed by atoms with E-state index in [0.29, 0.717) is 0 Å². The number of hydrogen-bond donors (Lipinski definition) is 3. The second-order valence-corrected chi connectivity index (χ2v) is 3.65. The van der Waals surface area contributed by atoms with Crippen LogP contribution < -0.4 is 16.4 Å². The van der Waals surface area contributed by atoms with Crippen LogP contribution in [0.25, 0.3) is 0 Å². The third kappa shape index (κ3) is 5.27. The Kier molecular flexibility index (Phi) is 5.63. The number of anilines is 2. The summed E-state index contributed by atoms with van der Waals surface area (Å²) in [7, 11) is 0. The van der Waals surface area contributed by atoms with Crippen LogP contribution in [0.3, 0.4) is 0 Å². The van der Waals surface area contributed by atoms with Crippen LogP contribution in [0, 0.1) is 0 Å². The Labute approximate surface area is 92.1 Å². The van der Waals surface area contributed by atoms with Gasteiger partial charge in [0, 0.05) is 17.9 Å². The summed E-state index contributed by atoms with van der Waals surface area (Å²) < 4.78 is 0. The van der Waals surface area contributed by atoms with Crippen molar-refractivity contribution in [3.63, 3.8) is 0 Å². The summed E-state index contributed by atoms with van der Waals surface area (Å²) in [5, 5.41) is 6.72. The van der Waals surface area contributed by atoms with Crippen LogP contribution in [-0.2, 0) is 0 Å². The van der Waals surface area contributed by atoms with Crippen LogP contribution in [-0.4, -0.2) is 19.6 Å². The van der Waals surface area contributed by atoms with Gasteiger partial charge in [0.25, 0.3) is 0 Å². The fraction of sp³-hybridized carbons (Fsp3) is 0.500. The SMILES string of the molecule is CCCNCCCNc1ccc(N)cc1. The lowest BCUT2D eigenvalue weighted by Crippen LogP contribution is -2.18. The Morgan fingerprint density at radius 2 is 1.80 bits per heavy atom. The minimum Gasteiger partial charge on any atom is -0.399 e. The summed E-state index contributed by atoms with van der Waals surface area (Å²) in [6, 6.07) is 7.85. The molecule has 3 nitrogen and oxygen atoms in total. The third-order valence-electron chi connectivity index (χ3n) is 2.20. The summed E-state index contributed by atoms with van der Waals surface area (Å²) in [6.07, 6.45) is 2.34. The lowest BCUT2D eigenvalue weighted by molar-refractivity contribution is 0.652. The molecular weight excluding hydrogens is 186 g/mol. The van der Waals surface area contributed by atoms with E-state index in [2.05, 4.69) is 17.6 Å². The van der Waals surface area contributed by atoms with Gasteiger partial charge >= 0.3 is 0 Å². The summed E-state index contributed by atoms with van der Waals surface area (Å²) in [5.74, 6) is 0. The van der Waals surface area contributed by atoms with E-state index in [-0.39, 0.29) is 0 Å². The van der Waals surface area contributed by atoms with Crippen molar-refractivity contribution in [2.24, 2.45) is 0 Å². The predicted octanol–water partition coefficient (Wildman–Crippen LogP) is 2.07. The molecule has 0 aliphatic rings. The van der Waals surface area contributed by atoms with Gasteiger partial charge < -0.3 is 16.4 Å². The highest BCUT2D eigenvalue weighted by atomic mass is 14.9. The molecule has 0 saturated carbocycles. The van der Waals surface area contributed by atoms with Gasteiger partial charge in [0.05, 0.1) is 0 Å². The van der Waals surface area contributed by atoms with Crippen molar-refractivity contribution >= 4 is 11.4 Å². The minimum atomic E-state index is 0.810. The molecule has 0 fully saturated rings. The van der Waals surface area contributed by atoms with E-state index in [1.165, 1.54) is 6.42 Å². The molecule has 0 radical (unpaired) electrons. The van der Waals surface area contributed by atoms with Gasteiger partial charge in [0.15, 0.2) is 0 Å². The monoisotopic (exact) mass is 207 g/mol. The molecule has 3 heteroatoms. The fourth-order valence-corrected chi connectivity index (χ4v) is 1.35. The van der Waals surface area contributed by atoms with Gasteiger partial charge in [0.2, 0.25) is 0 Å². The van der Waals surface area contributed by atoms with Crippen molar-refractivity contribution in [1.29, 1.82) is 0 Å². The Hall–Kier alpha value is -1.22. The Bertz CT molecular complexity index is 256. The van der Waals surface area contributed by atoms with E-state index in [9.17, 15) is 0 Å². The molecule has 0 amide bonds. The van der Waals surface area contributed by atoms with E-state index in [0.717, 1.165) is 37.4 Å². The second kappa shape index (κ2) is 7.12. The molecular formula is C12H21N3. The van der Waals surface area contributed by atoms with Crippen LogP contribution in [0.2, 0.25) is 0 Å². The van der Waals surface area contributed by atoms with Gasteiger partial charge in [-0.05, 0) is 50.2 Å². The van der Waals surface area contributed by atoms with E-state index >= 15 is 0 Å². The minimum absolute atomic E-state index is 0.810. The molecule has 0 aromatic heterocycles. The predicted molar refractivity (Wildman–Crippen MR) is 67.1 cm³/mol. The normalized spacial score (nSPS) is 10.2. The first-order valence-corrected chi connectivity index (χ1v) is 5.63. The van der Waals surface area contributed by atoms with Crippen molar-refractivity contribution < 1.29 is 0 Å². The summed E-state index contributed by atoms with van der Waals surface area (Å²) >= 11 is 0. The molecule has 1 aromatic carbocycles. The summed E-state index contributed by atoms with van der Waals surface area (Å²) in [4.78, 5) is 0. The maximum atomic E-state index is 5.60. The highest BCUT2D eigenvalue weighted by Crippen LogP contribution is 2.09. The van der Waals surface area contributed by atoms with Gasteiger partial charge in [-0.1, -0.05) is 6.92 Å². The van der Waals surface area contributed by atoms with E-state index in [4.69, 9.17) is 5.73 Å². The molecule has 1 rings (SSSR count). The molecule has 0 saturated heterocycles. The van der Waals surface area contributed by atoms with Crippen molar-refractivity contribution in [3.8, 4) is 0 Å². The van der Waals surface area contributed by atoms with E-state index < -0.39 is 0 Å². The van der Waals surface area contributed by atoms with Crippen molar-refractivity contribution in [2.45, 2.75) is 19.8 Å². The van der Waals surface area contributed by atoms with Crippen LogP contribution in [0.5, 0.6) is 0 Å². The molecule has 0 aliphatic heterocycles. The third-order valence-corrected chi connectivity index (χ3v) is 2.20. The topological polar surface area (TPSA) is 50.1 Å². The molecule has 4 N–H and O–H groups in total. The first kappa shape index (κ1) is 11.9. The maximum Gasteiger partial charge on any atom is 0.0341 e. The zero-order valence-electron chi connectivity index (χ0n) is 9.42. The number of hydrogen-bond acceptors (Lipinski definition) is 3. The van der Waals surface area contributed by atoms with Gasteiger partial charge in [-0.15, -0.1) is 0 Å². The van der Waals surface area contributed by atoms with E-state index in [1.54, 1.807) is 0 Å². The summed E-state index contributed by atoms with van der Waals surface area (Å²) in [5.41, 5.74) is 7.55. The van der Waals surface area contributed by atoms with Crippen molar-refractivity contribution in [1.82, 2.24) is 5.32 Å². The van der Waals surface area contributed by atoms with Crippen molar-refractivity contribution in [3.05, 3.63) is 24.3 Å². The van der Waals surface area contributed by atoms with Gasteiger partial charge in [0.1, 0.15) is 0 Å². The zero-order valence-corrected chi connectivity index (χ0v) is 9.42. The van der Waals surface area contributed by atoms with E-state index in [1.807, 2.05) is 24.3 Å². The van der Waals surface area contributed by atoms with Gasteiger partial charge in [-0.2, -0.15) is 0 Å². The zero-order chi connectivity index (χ0) is 10.9. The molecule has 0 unspecified atom stereocenters. The second-order valence-electron chi connectivity index (χ2n) is 3.65. The first-order chi connectivity index (χ1) is 7.33. The Morgan fingerprint density at radius 1 is 1.07 bits per heavy atom. The molecule has 0 heterocycles. The largest absolute Gasteiger partial charge is 0.399 e. The molecule has 0 spiro atoms. The van der Waals surface area contributed by atoms with Crippen LogP contribution in [0.1, 0.15) is 19.8 Å².